The summed E-state index contributed by atoms with van der Waals surface area (Å²) < 4.78 is 18.8. The Kier molecular flexibility index (Phi) is 13.1. The minimum absolute atomic E-state index is 0.132. The van der Waals surface area contributed by atoms with Crippen molar-refractivity contribution in [3.8, 4) is 0 Å². The van der Waals surface area contributed by atoms with E-state index in [1.165, 1.54) is 57.9 Å². The van der Waals surface area contributed by atoms with Gasteiger partial charge in [-0.05, 0) is 0 Å². The minimum atomic E-state index is -2.38. The van der Waals surface area contributed by atoms with Crippen LogP contribution >= 0.6 is 0 Å². The molecule has 0 bridgehead atoms. The standard InChI is InChI=1S/C12H19O3Si.3C4H9.Sn/c1-5-10-11(6-7-12(13)15-10)14-8-9-16(2,3)4;3*1-3-4-2;/h1,5-7,10-11H,8-9H2,2-4H3;3*1,3-4H2,2H3;/t10-,11-;;;;/m1..../s1. The van der Waals surface area contributed by atoms with Crippen LogP contribution in [0.15, 0.2) is 22.3 Å². The van der Waals surface area contributed by atoms with Gasteiger partial charge in [0.15, 0.2) is 0 Å². The van der Waals surface area contributed by atoms with E-state index in [4.69, 9.17) is 9.47 Å². The number of hydrogen-bond acceptors (Lipinski definition) is 3. The summed E-state index contributed by atoms with van der Waals surface area (Å²) in [6, 6.07) is 1.13. The molecule has 0 aromatic carbocycles. The number of carbonyl (C=O) groups excluding carboxylic acids is 1. The van der Waals surface area contributed by atoms with Crippen molar-refractivity contribution >= 4 is 32.4 Å². The fourth-order valence-corrected chi connectivity index (χ4v) is 18.9. The molecule has 0 saturated carbocycles. The van der Waals surface area contributed by atoms with Crippen LogP contribution in [0.25, 0.3) is 0 Å². The van der Waals surface area contributed by atoms with Gasteiger partial charge in [0.1, 0.15) is 0 Å². The third kappa shape index (κ3) is 11.2. The molecule has 1 aliphatic rings. The first kappa shape index (κ1) is 27.0. The summed E-state index contributed by atoms with van der Waals surface area (Å²) >= 11 is -2.38. The second-order valence-electron chi connectivity index (χ2n) is 9.94. The molecule has 0 N–H and O–H groups in total. The average molecular weight is 529 g/mol. The Bertz CT molecular complexity index is 503. The number of unbranched alkanes of at least 4 members (excludes halogenated alkanes) is 3. The van der Waals surface area contributed by atoms with E-state index in [1.54, 1.807) is 0 Å². The van der Waals surface area contributed by atoms with Gasteiger partial charge in [-0.15, -0.1) is 0 Å². The van der Waals surface area contributed by atoms with Crippen molar-refractivity contribution in [3.05, 3.63) is 22.3 Å². The predicted molar refractivity (Wildman–Crippen MR) is 131 cm³/mol. The average Bonchev–Trinajstić information content (AvgIpc) is 2.67. The molecule has 1 aliphatic heterocycles. The Hall–Kier alpha value is -0.0744. The molecular formula is C24H46O3SiSn. The second kappa shape index (κ2) is 14.1. The van der Waals surface area contributed by atoms with Gasteiger partial charge < -0.3 is 0 Å². The van der Waals surface area contributed by atoms with Gasteiger partial charge in [0.2, 0.25) is 0 Å². The van der Waals surface area contributed by atoms with E-state index in [1.807, 2.05) is 6.08 Å². The van der Waals surface area contributed by atoms with Crippen LogP contribution in [0, 0.1) is 0 Å². The second-order valence-corrected chi connectivity index (χ2v) is 28.6. The van der Waals surface area contributed by atoms with Crippen LogP contribution in [-0.2, 0) is 14.3 Å². The summed E-state index contributed by atoms with van der Waals surface area (Å²) in [6.07, 6.45) is 13.1. The van der Waals surface area contributed by atoms with Gasteiger partial charge in [-0.2, -0.15) is 0 Å². The monoisotopic (exact) mass is 530 g/mol. The van der Waals surface area contributed by atoms with Crippen LogP contribution in [0.3, 0.4) is 0 Å². The van der Waals surface area contributed by atoms with Crippen molar-refractivity contribution in [1.82, 2.24) is 0 Å². The fraction of sp³-hybridized carbons (Fsp3) is 0.792. The van der Waals surface area contributed by atoms with Crippen LogP contribution in [0.1, 0.15) is 59.3 Å². The van der Waals surface area contributed by atoms with Crippen molar-refractivity contribution < 1.29 is 14.3 Å². The molecule has 0 aliphatic carbocycles. The first-order chi connectivity index (χ1) is 13.7. The summed E-state index contributed by atoms with van der Waals surface area (Å²) in [7, 11) is -1.14. The molecule has 2 atom stereocenters. The van der Waals surface area contributed by atoms with Gasteiger partial charge in [-0.25, -0.2) is 0 Å². The van der Waals surface area contributed by atoms with Gasteiger partial charge in [-0.3, -0.25) is 0 Å². The number of hydrogen-bond donors (Lipinski definition) is 0. The number of cyclic esters (lactones) is 1. The molecule has 0 fully saturated rings. The molecule has 168 valence electrons. The van der Waals surface area contributed by atoms with E-state index in [0.717, 1.165) is 12.7 Å². The Morgan fingerprint density at radius 1 is 1.03 bits per heavy atom. The molecule has 0 amide bonds. The van der Waals surface area contributed by atoms with Gasteiger partial charge in [0, 0.05) is 0 Å². The Morgan fingerprint density at radius 3 is 2.07 bits per heavy atom. The SMILES string of the molecule is CCC[CH2][Sn](/[CH]=C\[C@H]1OC(=O)C=C[C@H]1OCC[Si](C)(C)C)([CH2]CCC)[CH2]CCC. The van der Waals surface area contributed by atoms with Gasteiger partial charge in [0.05, 0.1) is 0 Å². The number of rotatable bonds is 15. The van der Waals surface area contributed by atoms with E-state index in [9.17, 15) is 4.79 Å². The van der Waals surface area contributed by atoms with E-state index < -0.39 is 26.5 Å². The van der Waals surface area contributed by atoms with E-state index in [2.05, 4.69) is 50.6 Å². The topological polar surface area (TPSA) is 35.5 Å². The first-order valence-electron chi connectivity index (χ1n) is 11.9. The number of ether oxygens (including phenoxy) is 2. The van der Waals surface area contributed by atoms with Crippen molar-refractivity contribution in [2.75, 3.05) is 6.61 Å². The number of esters is 1. The maximum atomic E-state index is 11.9. The van der Waals surface area contributed by atoms with Crippen molar-refractivity contribution in [2.24, 2.45) is 0 Å². The zero-order chi connectivity index (χ0) is 21.8. The van der Waals surface area contributed by atoms with Crippen molar-refractivity contribution in [3.63, 3.8) is 0 Å². The van der Waals surface area contributed by atoms with Crippen LogP contribution in [0.4, 0.5) is 0 Å². The zero-order valence-electron chi connectivity index (χ0n) is 20.0. The third-order valence-corrected chi connectivity index (χ3v) is 21.7. The van der Waals surface area contributed by atoms with E-state index >= 15 is 0 Å². The normalized spacial score (nSPS) is 20.4. The molecule has 0 spiro atoms. The summed E-state index contributed by atoms with van der Waals surface area (Å²) in [5.74, 6) is -0.235. The zero-order valence-corrected chi connectivity index (χ0v) is 23.8. The molecule has 0 aromatic rings. The molecule has 1 rings (SSSR count). The van der Waals surface area contributed by atoms with Gasteiger partial charge >= 0.3 is 186 Å². The Labute approximate surface area is 185 Å². The maximum absolute atomic E-state index is 11.9. The Morgan fingerprint density at radius 2 is 1.59 bits per heavy atom. The number of carbonyl (C=O) groups is 1. The third-order valence-electron chi connectivity index (χ3n) is 5.88. The fourth-order valence-electron chi connectivity index (χ4n) is 3.83. The first-order valence-corrected chi connectivity index (χ1v) is 23.4. The summed E-state index contributed by atoms with van der Waals surface area (Å²) in [5, 5.41) is 0. The van der Waals surface area contributed by atoms with Crippen LogP contribution in [-0.4, -0.2) is 51.2 Å². The van der Waals surface area contributed by atoms with Crippen LogP contribution in [0.2, 0.25) is 39.0 Å². The molecule has 0 aromatic heterocycles. The molecule has 0 radical (unpaired) electrons. The quantitative estimate of drug-likeness (QED) is 0.167. The molecule has 3 nitrogen and oxygen atoms in total. The van der Waals surface area contributed by atoms with E-state index in [-0.39, 0.29) is 18.2 Å². The van der Waals surface area contributed by atoms with Crippen molar-refractivity contribution in [1.29, 1.82) is 0 Å². The molecular weight excluding hydrogens is 483 g/mol. The predicted octanol–water partition coefficient (Wildman–Crippen LogP) is 7.14. The molecule has 0 unspecified atom stereocenters. The summed E-state index contributed by atoms with van der Waals surface area (Å²) in [6.45, 7) is 14.7. The summed E-state index contributed by atoms with van der Waals surface area (Å²) in [4.78, 5) is 11.9. The van der Waals surface area contributed by atoms with Crippen LogP contribution < -0.4 is 0 Å². The molecule has 0 saturated heterocycles. The van der Waals surface area contributed by atoms with E-state index in [0.29, 0.717) is 0 Å². The van der Waals surface area contributed by atoms with Crippen LogP contribution in [0.5, 0.6) is 0 Å². The molecule has 5 heteroatoms. The summed E-state index contributed by atoms with van der Waals surface area (Å²) in [5.41, 5.74) is 0. The van der Waals surface area contributed by atoms with Gasteiger partial charge in [-0.1, -0.05) is 0 Å². The van der Waals surface area contributed by atoms with Crippen molar-refractivity contribution in [2.45, 2.75) is 110 Å². The van der Waals surface area contributed by atoms with Gasteiger partial charge in [0.25, 0.3) is 0 Å². The Balaban J connectivity index is 2.94. The molecule has 1 heterocycles. The molecule has 29 heavy (non-hydrogen) atoms.